The topological polar surface area (TPSA) is 66.4 Å². The number of rotatable bonds is 1. The monoisotopic (exact) mass is 211 g/mol. The molecule has 0 bridgehead atoms. The number of hydrogen-bond donors (Lipinski definition) is 2. The smallest absolute Gasteiger partial charge is 0.408 e. The third-order valence-electron chi connectivity index (χ3n) is 2.07. The van der Waals surface area contributed by atoms with Gasteiger partial charge in [-0.2, -0.15) is 13.2 Å². The molecule has 0 saturated carbocycles. The summed E-state index contributed by atoms with van der Waals surface area (Å²) in [5, 5.41) is 10.1. The summed E-state index contributed by atoms with van der Waals surface area (Å²) < 4.78 is 36.2. The van der Waals surface area contributed by atoms with E-state index in [4.69, 9.17) is 5.11 Å². The minimum absolute atomic E-state index is 0.272. The van der Waals surface area contributed by atoms with E-state index in [2.05, 4.69) is 0 Å². The van der Waals surface area contributed by atoms with Gasteiger partial charge in [0.15, 0.2) is 0 Å². The summed E-state index contributed by atoms with van der Waals surface area (Å²) in [7, 11) is 0. The highest BCUT2D eigenvalue weighted by Crippen LogP contribution is 2.28. The van der Waals surface area contributed by atoms with Gasteiger partial charge in [0.1, 0.15) is 12.0 Å². The Hall–Kier alpha value is -1.27. The van der Waals surface area contributed by atoms with Gasteiger partial charge in [0.25, 0.3) is 0 Å². The SMILES string of the molecule is O=C(O)[C@@H]1CC[C@H](C(F)(F)F)NC1=O. The van der Waals surface area contributed by atoms with E-state index in [-0.39, 0.29) is 12.8 Å². The van der Waals surface area contributed by atoms with Crippen molar-refractivity contribution in [2.75, 3.05) is 0 Å². The van der Waals surface area contributed by atoms with Gasteiger partial charge in [0, 0.05) is 0 Å². The van der Waals surface area contributed by atoms with E-state index >= 15 is 0 Å². The highest BCUT2D eigenvalue weighted by molar-refractivity contribution is 5.97. The van der Waals surface area contributed by atoms with Crippen molar-refractivity contribution in [3.63, 3.8) is 0 Å². The molecule has 0 aromatic carbocycles. The quantitative estimate of drug-likeness (QED) is 0.621. The fraction of sp³-hybridized carbons (Fsp3) is 0.714. The predicted molar refractivity (Wildman–Crippen MR) is 38.3 cm³/mol. The Balaban J connectivity index is 2.65. The lowest BCUT2D eigenvalue weighted by atomic mass is 9.94. The number of piperidine rings is 1. The van der Waals surface area contributed by atoms with Crippen LogP contribution < -0.4 is 5.32 Å². The van der Waals surface area contributed by atoms with Crippen molar-refractivity contribution in [1.29, 1.82) is 0 Å². The zero-order valence-electron chi connectivity index (χ0n) is 6.97. The molecule has 1 fully saturated rings. The second kappa shape index (κ2) is 3.47. The fourth-order valence-electron chi connectivity index (χ4n) is 1.29. The van der Waals surface area contributed by atoms with Crippen LogP contribution in [0.15, 0.2) is 0 Å². The molecule has 7 heteroatoms. The summed E-state index contributed by atoms with van der Waals surface area (Å²) in [6, 6.07) is -1.91. The van der Waals surface area contributed by atoms with E-state index in [0.717, 1.165) is 0 Å². The molecule has 14 heavy (non-hydrogen) atoms. The van der Waals surface area contributed by atoms with Gasteiger partial charge in [-0.3, -0.25) is 9.59 Å². The van der Waals surface area contributed by atoms with Crippen LogP contribution in [0.25, 0.3) is 0 Å². The lowest BCUT2D eigenvalue weighted by Gasteiger charge is -2.28. The Kier molecular flexibility index (Phi) is 2.68. The van der Waals surface area contributed by atoms with Gasteiger partial charge in [-0.25, -0.2) is 0 Å². The molecule has 0 radical (unpaired) electrons. The normalized spacial score (nSPS) is 28.4. The molecule has 0 unspecified atom stereocenters. The first kappa shape index (κ1) is 10.8. The zero-order chi connectivity index (χ0) is 10.9. The molecule has 0 aromatic heterocycles. The highest BCUT2D eigenvalue weighted by Gasteiger charge is 2.45. The molecule has 1 aliphatic heterocycles. The average molecular weight is 211 g/mol. The van der Waals surface area contributed by atoms with Crippen LogP contribution in [0.4, 0.5) is 13.2 Å². The molecule has 0 aromatic rings. The first-order chi connectivity index (χ1) is 6.32. The number of nitrogens with one attached hydrogen (secondary N) is 1. The second-order valence-corrected chi connectivity index (χ2v) is 3.07. The molecule has 1 rings (SSSR count). The Morgan fingerprint density at radius 3 is 2.36 bits per heavy atom. The fourth-order valence-corrected chi connectivity index (χ4v) is 1.29. The Labute approximate surface area is 77.1 Å². The minimum Gasteiger partial charge on any atom is -0.481 e. The van der Waals surface area contributed by atoms with Gasteiger partial charge in [0.2, 0.25) is 5.91 Å². The number of halogens is 3. The van der Waals surface area contributed by atoms with E-state index in [9.17, 15) is 22.8 Å². The number of alkyl halides is 3. The molecular formula is C7H8F3NO3. The van der Waals surface area contributed by atoms with Crippen LogP contribution in [0.1, 0.15) is 12.8 Å². The van der Waals surface area contributed by atoms with Crippen molar-refractivity contribution in [1.82, 2.24) is 5.32 Å². The summed E-state index contributed by atoms with van der Waals surface area (Å²) in [4.78, 5) is 21.3. The summed E-state index contributed by atoms with van der Waals surface area (Å²) in [6.45, 7) is 0. The van der Waals surface area contributed by atoms with Crippen molar-refractivity contribution in [3.05, 3.63) is 0 Å². The van der Waals surface area contributed by atoms with Gasteiger partial charge in [-0.15, -0.1) is 0 Å². The maximum absolute atomic E-state index is 12.1. The van der Waals surface area contributed by atoms with E-state index in [0.29, 0.717) is 0 Å². The molecule has 1 aliphatic rings. The number of carboxylic acids is 1. The van der Waals surface area contributed by atoms with Gasteiger partial charge in [-0.05, 0) is 12.8 Å². The molecule has 1 heterocycles. The van der Waals surface area contributed by atoms with Gasteiger partial charge in [0.05, 0.1) is 0 Å². The number of carboxylic acid groups (broad SMARTS) is 1. The summed E-state index contributed by atoms with van der Waals surface area (Å²) in [5.41, 5.74) is 0. The van der Waals surface area contributed by atoms with Crippen LogP contribution in [-0.4, -0.2) is 29.2 Å². The third kappa shape index (κ3) is 2.15. The second-order valence-electron chi connectivity index (χ2n) is 3.07. The maximum atomic E-state index is 12.1. The summed E-state index contributed by atoms with van der Waals surface area (Å²) >= 11 is 0. The molecule has 0 aliphatic carbocycles. The van der Waals surface area contributed by atoms with Crippen LogP contribution >= 0.6 is 0 Å². The minimum atomic E-state index is -4.50. The molecule has 2 atom stereocenters. The van der Waals surface area contributed by atoms with Crippen molar-refractivity contribution in [2.24, 2.45) is 5.92 Å². The Bertz CT molecular complexity index is 263. The Morgan fingerprint density at radius 2 is 2.00 bits per heavy atom. The van der Waals surface area contributed by atoms with Crippen LogP contribution in [0.5, 0.6) is 0 Å². The van der Waals surface area contributed by atoms with E-state index < -0.39 is 30.0 Å². The van der Waals surface area contributed by atoms with Crippen LogP contribution in [-0.2, 0) is 9.59 Å². The molecule has 2 N–H and O–H groups in total. The third-order valence-corrected chi connectivity index (χ3v) is 2.07. The molecular weight excluding hydrogens is 203 g/mol. The number of aliphatic carboxylic acids is 1. The lowest BCUT2D eigenvalue weighted by Crippen LogP contribution is -2.52. The van der Waals surface area contributed by atoms with Gasteiger partial charge < -0.3 is 10.4 Å². The van der Waals surface area contributed by atoms with Gasteiger partial charge in [-0.1, -0.05) is 0 Å². The van der Waals surface area contributed by atoms with Crippen LogP contribution in [0, 0.1) is 5.92 Å². The van der Waals surface area contributed by atoms with Gasteiger partial charge >= 0.3 is 12.1 Å². The summed E-state index contributed by atoms with van der Waals surface area (Å²) in [6.07, 6.45) is -5.16. The summed E-state index contributed by atoms with van der Waals surface area (Å²) in [5.74, 6) is -3.80. The van der Waals surface area contributed by atoms with Crippen molar-refractivity contribution < 1.29 is 27.9 Å². The molecule has 80 valence electrons. The molecule has 0 spiro atoms. The largest absolute Gasteiger partial charge is 0.481 e. The molecule has 4 nitrogen and oxygen atoms in total. The van der Waals surface area contributed by atoms with E-state index in [1.54, 1.807) is 5.32 Å². The van der Waals surface area contributed by atoms with Crippen LogP contribution in [0.2, 0.25) is 0 Å². The molecule has 1 saturated heterocycles. The number of hydrogen-bond acceptors (Lipinski definition) is 2. The number of amides is 1. The zero-order valence-corrected chi connectivity index (χ0v) is 6.97. The highest BCUT2D eigenvalue weighted by atomic mass is 19.4. The average Bonchev–Trinajstić information content (AvgIpc) is 2.01. The van der Waals surface area contributed by atoms with E-state index in [1.165, 1.54) is 0 Å². The first-order valence-electron chi connectivity index (χ1n) is 3.92. The molecule has 1 amide bonds. The standard InChI is InChI=1S/C7H8F3NO3/c8-7(9,10)4-2-1-3(6(13)14)5(12)11-4/h3-4H,1-2H2,(H,11,12)(H,13,14)/t3-,4-/m1/s1. The Morgan fingerprint density at radius 1 is 1.43 bits per heavy atom. The van der Waals surface area contributed by atoms with E-state index in [1.807, 2.05) is 0 Å². The van der Waals surface area contributed by atoms with Crippen molar-refractivity contribution in [2.45, 2.75) is 25.1 Å². The number of carbonyl (C=O) groups excluding carboxylic acids is 1. The number of carbonyl (C=O) groups is 2. The lowest BCUT2D eigenvalue weighted by molar-refractivity contribution is -0.173. The first-order valence-corrected chi connectivity index (χ1v) is 3.92. The van der Waals surface area contributed by atoms with Crippen molar-refractivity contribution in [3.8, 4) is 0 Å². The maximum Gasteiger partial charge on any atom is 0.408 e. The van der Waals surface area contributed by atoms with Crippen molar-refractivity contribution >= 4 is 11.9 Å². The predicted octanol–water partition coefficient (Wildman–Crippen LogP) is 0.528. The van der Waals surface area contributed by atoms with Crippen LogP contribution in [0.3, 0.4) is 0 Å².